The van der Waals surface area contributed by atoms with Gasteiger partial charge in [-0.1, -0.05) is 0 Å². The van der Waals surface area contributed by atoms with Crippen LogP contribution in [0.2, 0.25) is 0 Å². The molecule has 0 amide bonds. The average Bonchev–Trinajstić information content (AvgIpc) is 1.21. The van der Waals surface area contributed by atoms with Gasteiger partial charge in [-0.2, -0.15) is 0 Å². The van der Waals surface area contributed by atoms with Crippen LogP contribution in [0.25, 0.3) is 0 Å². The van der Waals surface area contributed by atoms with Gasteiger partial charge in [0.15, 0.2) is 0 Å². The van der Waals surface area contributed by atoms with Gasteiger partial charge in [-0.15, -0.1) is 0 Å². The molecule has 0 spiro atoms. The molecule has 0 saturated carbocycles. The maximum atomic E-state index is 9.53. The summed E-state index contributed by atoms with van der Waals surface area (Å²) in [6.45, 7) is 0. The zero-order valence-electron chi connectivity index (χ0n) is 4.93. The molecule has 0 bridgehead atoms. The summed E-state index contributed by atoms with van der Waals surface area (Å²) in [6.07, 6.45) is -1.99. The number of rotatable bonds is 1. The topological polar surface area (TPSA) is 104 Å². The number of hydrogen-bond donors (Lipinski definition) is 3. The van der Waals surface area contributed by atoms with E-state index in [9.17, 15) is 9.36 Å². The largest absolute Gasteiger partial charge is 0.529 e. The molecule has 0 fully saturated rings. The first-order chi connectivity index (χ1) is 3.42. The molecular formula is CH3O6PZn2. The van der Waals surface area contributed by atoms with Crippen LogP contribution >= 0.6 is 7.82 Å². The van der Waals surface area contributed by atoms with Crippen LogP contribution in [0.1, 0.15) is 0 Å². The molecule has 0 rings (SSSR count). The molecule has 3 N–H and O–H groups in total. The molecule has 6 nitrogen and oxygen atoms in total. The summed E-state index contributed by atoms with van der Waals surface area (Å²) in [5.41, 5.74) is 0. The quantitative estimate of drug-likeness (QED) is 0.450. The first-order valence-corrected chi connectivity index (χ1v) is 2.93. The minimum absolute atomic E-state index is 0. The average molecular weight is 273 g/mol. The standard InChI is InChI=1S/CH3O6P.2Zn/c2-1(3)7-8(4,5)6;;/h(H,2,3)(H2,4,5,6);;. The van der Waals surface area contributed by atoms with E-state index in [2.05, 4.69) is 4.52 Å². The Labute approximate surface area is 81.7 Å². The Hall–Kier alpha value is 0.667. The Morgan fingerprint density at radius 2 is 1.60 bits per heavy atom. The summed E-state index contributed by atoms with van der Waals surface area (Å²) in [7, 11) is -4.82. The van der Waals surface area contributed by atoms with E-state index in [4.69, 9.17) is 14.9 Å². The predicted octanol–water partition coefficient (Wildman–Crippen LogP) is -0.231. The molecule has 10 heavy (non-hydrogen) atoms. The molecule has 0 aliphatic carbocycles. The fourth-order valence-corrected chi connectivity index (χ4v) is 0.305. The Balaban J connectivity index is -0.000000245. The molecule has 0 aliphatic heterocycles. The molecule has 9 heteroatoms. The van der Waals surface area contributed by atoms with Crippen molar-refractivity contribution in [2.45, 2.75) is 0 Å². The summed E-state index contributed by atoms with van der Waals surface area (Å²) in [5.74, 6) is 0. The number of carbonyl (C=O) groups is 1. The molecule has 0 aliphatic rings. The van der Waals surface area contributed by atoms with Crippen LogP contribution in [0, 0.1) is 0 Å². The van der Waals surface area contributed by atoms with Crippen molar-refractivity contribution in [2.75, 3.05) is 0 Å². The molecule has 0 atom stereocenters. The summed E-state index contributed by atoms with van der Waals surface area (Å²) in [4.78, 5) is 24.7. The van der Waals surface area contributed by atoms with Crippen molar-refractivity contribution >= 4 is 14.0 Å². The van der Waals surface area contributed by atoms with Gasteiger partial charge in [0.2, 0.25) is 0 Å². The molecule has 0 saturated heterocycles. The van der Waals surface area contributed by atoms with E-state index in [1.807, 2.05) is 0 Å². The van der Waals surface area contributed by atoms with Gasteiger partial charge < -0.3 is 9.63 Å². The van der Waals surface area contributed by atoms with Crippen molar-refractivity contribution in [3.05, 3.63) is 0 Å². The molecule has 0 aromatic carbocycles. The first kappa shape index (κ1) is 17.0. The second-order valence-corrected chi connectivity index (χ2v) is 2.01. The van der Waals surface area contributed by atoms with Gasteiger partial charge in [0.1, 0.15) is 0 Å². The van der Waals surface area contributed by atoms with Gasteiger partial charge in [0.05, 0.1) is 0 Å². The van der Waals surface area contributed by atoms with E-state index in [-0.39, 0.29) is 39.0 Å². The van der Waals surface area contributed by atoms with Crippen LogP contribution in [-0.4, -0.2) is 21.0 Å². The summed E-state index contributed by atoms with van der Waals surface area (Å²) >= 11 is 0. The molecule has 0 radical (unpaired) electrons. The normalized spacial score (nSPS) is 8.60. The van der Waals surface area contributed by atoms with E-state index in [1.165, 1.54) is 0 Å². The number of hydrogen-bond acceptors (Lipinski definition) is 3. The van der Waals surface area contributed by atoms with E-state index in [0.29, 0.717) is 0 Å². The van der Waals surface area contributed by atoms with Crippen LogP contribution in [0.3, 0.4) is 0 Å². The van der Waals surface area contributed by atoms with Crippen molar-refractivity contribution in [2.24, 2.45) is 0 Å². The van der Waals surface area contributed by atoms with Gasteiger partial charge in [-0.05, 0) is 0 Å². The van der Waals surface area contributed by atoms with E-state index in [1.54, 1.807) is 0 Å². The zero-order valence-corrected chi connectivity index (χ0v) is 11.8. The van der Waals surface area contributed by atoms with Crippen LogP contribution in [0.15, 0.2) is 0 Å². The van der Waals surface area contributed by atoms with Crippen molar-refractivity contribution in [3.63, 3.8) is 0 Å². The summed E-state index contributed by atoms with van der Waals surface area (Å²) in [5, 5.41) is 7.53. The third-order valence-electron chi connectivity index (χ3n) is 0.197. The summed E-state index contributed by atoms with van der Waals surface area (Å²) in [6, 6.07) is 0. The van der Waals surface area contributed by atoms with Crippen LogP contribution in [-0.2, 0) is 48.0 Å². The summed E-state index contributed by atoms with van der Waals surface area (Å²) < 4.78 is 12.6. The van der Waals surface area contributed by atoms with E-state index in [0.717, 1.165) is 0 Å². The Bertz CT molecular complexity index is 139. The van der Waals surface area contributed by atoms with Gasteiger partial charge >= 0.3 is 14.0 Å². The Kier molecular flexibility index (Phi) is 10.8. The van der Waals surface area contributed by atoms with Gasteiger partial charge in [-0.25, -0.2) is 9.36 Å². The Morgan fingerprint density at radius 3 is 1.60 bits per heavy atom. The SMILES string of the molecule is O=C(O)OP(=O)(O)O.[Zn].[Zn]. The predicted molar refractivity (Wildman–Crippen MR) is 21.2 cm³/mol. The van der Waals surface area contributed by atoms with Gasteiger partial charge in [-0.3, -0.25) is 9.79 Å². The maximum Gasteiger partial charge on any atom is 0.529 e. The third kappa shape index (κ3) is 15.9. The molecular weight excluding hydrogens is 270 g/mol. The Morgan fingerprint density at radius 1 is 1.30 bits per heavy atom. The maximum absolute atomic E-state index is 9.53. The van der Waals surface area contributed by atoms with Crippen molar-refractivity contribution < 1.29 is 67.7 Å². The van der Waals surface area contributed by atoms with Crippen LogP contribution in [0.4, 0.5) is 4.79 Å². The fourth-order valence-electron chi connectivity index (χ4n) is 0.102. The monoisotopic (exact) mass is 270 g/mol. The number of phosphoric acid groups is 1. The minimum Gasteiger partial charge on any atom is -0.449 e. The van der Waals surface area contributed by atoms with Crippen molar-refractivity contribution in [1.82, 2.24) is 0 Å². The molecule has 0 unspecified atom stereocenters. The molecule has 0 aromatic rings. The number of carboxylic acid groups (broad SMARTS) is 1. The van der Waals surface area contributed by atoms with Gasteiger partial charge in [0, 0.05) is 39.0 Å². The van der Waals surface area contributed by atoms with Crippen LogP contribution in [0.5, 0.6) is 0 Å². The zero-order chi connectivity index (χ0) is 6.78. The smallest absolute Gasteiger partial charge is 0.449 e. The first-order valence-electron chi connectivity index (χ1n) is 1.40. The number of phosphoric ester groups is 1. The van der Waals surface area contributed by atoms with Crippen LogP contribution < -0.4 is 0 Å². The second kappa shape index (κ2) is 6.38. The molecule has 0 aromatic heterocycles. The second-order valence-electron chi connectivity index (χ2n) is 0.848. The van der Waals surface area contributed by atoms with Crippen molar-refractivity contribution in [1.29, 1.82) is 0 Å². The molecule has 52 valence electrons. The van der Waals surface area contributed by atoms with E-state index >= 15 is 0 Å². The third-order valence-corrected chi connectivity index (χ3v) is 0.591. The van der Waals surface area contributed by atoms with Crippen molar-refractivity contribution in [3.8, 4) is 0 Å². The molecule has 0 heterocycles. The van der Waals surface area contributed by atoms with Gasteiger partial charge in [0.25, 0.3) is 0 Å². The minimum atomic E-state index is -4.82. The fraction of sp³-hybridized carbons (Fsp3) is 0. The van der Waals surface area contributed by atoms with E-state index < -0.39 is 14.0 Å².